The third-order valence-electron chi connectivity index (χ3n) is 4.55. The molecular weight excluding hydrogens is 324 g/mol. The molecule has 0 unspecified atom stereocenters. The van der Waals surface area contributed by atoms with Crippen LogP contribution >= 0.6 is 0 Å². The fraction of sp³-hybridized carbons (Fsp3) is 0.200. The van der Waals surface area contributed by atoms with Crippen LogP contribution in [0.2, 0.25) is 0 Å². The quantitative estimate of drug-likeness (QED) is 0.600. The average molecular weight is 344 g/mol. The molecule has 0 aliphatic heterocycles. The van der Waals surface area contributed by atoms with Crippen molar-refractivity contribution in [1.29, 1.82) is 0 Å². The Morgan fingerprint density at radius 3 is 2.69 bits per heavy atom. The molecule has 0 saturated heterocycles. The minimum absolute atomic E-state index is 0.833. The second-order valence-corrected chi connectivity index (χ2v) is 6.36. The summed E-state index contributed by atoms with van der Waals surface area (Å²) in [5.74, 6) is 0. The van der Waals surface area contributed by atoms with E-state index in [1.807, 2.05) is 31.6 Å². The van der Waals surface area contributed by atoms with Crippen molar-refractivity contribution in [2.45, 2.75) is 26.8 Å². The van der Waals surface area contributed by atoms with Gasteiger partial charge in [0.2, 0.25) is 0 Å². The van der Waals surface area contributed by atoms with E-state index >= 15 is 0 Å². The van der Waals surface area contributed by atoms with Crippen molar-refractivity contribution in [3.05, 3.63) is 71.9 Å². The molecule has 0 aliphatic rings. The summed E-state index contributed by atoms with van der Waals surface area (Å²) in [5, 5.41) is 10.9. The summed E-state index contributed by atoms with van der Waals surface area (Å²) in [6, 6.07) is 12.4. The van der Waals surface area contributed by atoms with Crippen molar-refractivity contribution in [3.8, 4) is 22.6 Å². The molecule has 0 bridgehead atoms. The molecule has 6 heteroatoms. The van der Waals surface area contributed by atoms with Crippen LogP contribution in [0.4, 0.5) is 0 Å². The van der Waals surface area contributed by atoms with Crippen LogP contribution in [0.5, 0.6) is 0 Å². The molecular formula is C20H20N6. The highest BCUT2D eigenvalue weighted by Gasteiger charge is 2.10. The lowest BCUT2D eigenvalue weighted by Crippen LogP contribution is -1.99. The normalized spacial score (nSPS) is 11.0. The molecule has 0 saturated carbocycles. The number of H-pyrrole nitrogens is 1. The Hall–Kier alpha value is -3.28. The number of nitrogens with one attached hydrogen (secondary N) is 1. The fourth-order valence-electron chi connectivity index (χ4n) is 3.03. The molecule has 0 atom stereocenters. The summed E-state index contributed by atoms with van der Waals surface area (Å²) in [6.07, 6.45) is 6.67. The van der Waals surface area contributed by atoms with Gasteiger partial charge in [-0.15, -0.1) is 0 Å². The van der Waals surface area contributed by atoms with E-state index in [1.54, 1.807) is 6.20 Å². The molecule has 130 valence electrons. The van der Waals surface area contributed by atoms with Crippen LogP contribution < -0.4 is 0 Å². The molecule has 0 spiro atoms. The van der Waals surface area contributed by atoms with Crippen molar-refractivity contribution < 1.29 is 0 Å². The number of aromatic amines is 1. The minimum atomic E-state index is 0.833. The Morgan fingerprint density at radius 2 is 1.88 bits per heavy atom. The van der Waals surface area contributed by atoms with Gasteiger partial charge in [0.25, 0.3) is 0 Å². The zero-order valence-electron chi connectivity index (χ0n) is 14.8. The zero-order valence-corrected chi connectivity index (χ0v) is 14.8. The maximum Gasteiger partial charge on any atom is 0.115 e. The van der Waals surface area contributed by atoms with Gasteiger partial charge >= 0.3 is 0 Å². The zero-order chi connectivity index (χ0) is 17.9. The van der Waals surface area contributed by atoms with E-state index < -0.39 is 0 Å². The Morgan fingerprint density at radius 1 is 1.00 bits per heavy atom. The molecule has 0 fully saturated rings. The summed E-state index contributed by atoms with van der Waals surface area (Å²) in [4.78, 5) is 8.98. The molecule has 1 N–H and O–H groups in total. The van der Waals surface area contributed by atoms with Crippen LogP contribution in [-0.2, 0) is 13.0 Å². The minimum Gasteiger partial charge on any atom is -0.336 e. The van der Waals surface area contributed by atoms with Crippen LogP contribution in [0.1, 0.15) is 16.8 Å². The van der Waals surface area contributed by atoms with E-state index in [2.05, 4.69) is 61.1 Å². The summed E-state index contributed by atoms with van der Waals surface area (Å²) in [7, 11) is 0. The molecule has 3 aromatic heterocycles. The van der Waals surface area contributed by atoms with Crippen LogP contribution in [-0.4, -0.2) is 29.9 Å². The highest BCUT2D eigenvalue weighted by Crippen LogP contribution is 2.23. The van der Waals surface area contributed by atoms with E-state index in [1.165, 1.54) is 11.1 Å². The molecule has 1 aromatic carbocycles. The van der Waals surface area contributed by atoms with Gasteiger partial charge in [-0.25, -0.2) is 4.98 Å². The van der Waals surface area contributed by atoms with E-state index in [4.69, 9.17) is 0 Å². The number of nitrogens with zero attached hydrogens (tertiary/aromatic N) is 5. The van der Waals surface area contributed by atoms with Crippen molar-refractivity contribution in [2.75, 3.05) is 0 Å². The van der Waals surface area contributed by atoms with Crippen molar-refractivity contribution in [1.82, 2.24) is 29.9 Å². The van der Waals surface area contributed by atoms with Crippen molar-refractivity contribution >= 4 is 0 Å². The van der Waals surface area contributed by atoms with Gasteiger partial charge in [-0.05, 0) is 43.5 Å². The summed E-state index contributed by atoms with van der Waals surface area (Å²) < 4.78 is 2.11. The number of rotatable bonds is 5. The van der Waals surface area contributed by atoms with Crippen LogP contribution in [0.25, 0.3) is 22.6 Å². The van der Waals surface area contributed by atoms with Crippen LogP contribution in [0.3, 0.4) is 0 Å². The molecule has 6 nitrogen and oxygen atoms in total. The molecule has 0 aliphatic carbocycles. The Balaban J connectivity index is 1.53. The van der Waals surface area contributed by atoms with Gasteiger partial charge in [0.1, 0.15) is 11.4 Å². The van der Waals surface area contributed by atoms with Gasteiger partial charge in [-0.2, -0.15) is 15.4 Å². The summed E-state index contributed by atoms with van der Waals surface area (Å²) in [5.41, 5.74) is 7.07. The van der Waals surface area contributed by atoms with Gasteiger partial charge in [0.15, 0.2) is 0 Å². The van der Waals surface area contributed by atoms with E-state index in [-0.39, 0.29) is 0 Å². The first-order valence-corrected chi connectivity index (χ1v) is 8.61. The Bertz CT molecular complexity index is 1030. The predicted molar refractivity (Wildman–Crippen MR) is 100 cm³/mol. The van der Waals surface area contributed by atoms with Gasteiger partial charge in [0.05, 0.1) is 17.7 Å². The fourth-order valence-corrected chi connectivity index (χ4v) is 3.03. The first kappa shape index (κ1) is 16.2. The first-order valence-electron chi connectivity index (χ1n) is 8.61. The number of pyridine rings is 1. The van der Waals surface area contributed by atoms with E-state index in [9.17, 15) is 0 Å². The average Bonchev–Trinajstić information content (AvgIpc) is 3.30. The lowest BCUT2D eigenvalue weighted by Gasteiger charge is -2.05. The SMILES string of the molecule is Cc1ccccc1CCn1cnc(-c2cc(-c3n[nH]nc3C)ccn2)c1. The van der Waals surface area contributed by atoms with E-state index in [0.717, 1.165) is 41.3 Å². The monoisotopic (exact) mass is 344 g/mol. The first-order chi connectivity index (χ1) is 12.7. The van der Waals surface area contributed by atoms with Gasteiger partial charge in [0, 0.05) is 24.5 Å². The summed E-state index contributed by atoms with van der Waals surface area (Å²) >= 11 is 0. The second-order valence-electron chi connectivity index (χ2n) is 6.36. The van der Waals surface area contributed by atoms with Crippen molar-refractivity contribution in [2.24, 2.45) is 0 Å². The number of aromatic nitrogens is 6. The topological polar surface area (TPSA) is 72.3 Å². The molecule has 4 rings (SSSR count). The maximum absolute atomic E-state index is 4.52. The molecule has 0 amide bonds. The second kappa shape index (κ2) is 6.92. The molecule has 0 radical (unpaired) electrons. The molecule has 3 heterocycles. The van der Waals surface area contributed by atoms with Gasteiger partial charge < -0.3 is 4.57 Å². The summed E-state index contributed by atoms with van der Waals surface area (Å²) in [6.45, 7) is 4.97. The standard InChI is InChI=1S/C20H20N6/c1-14-5-3-4-6-16(14)8-10-26-12-19(22-13-26)18-11-17(7-9-21-18)20-15(2)23-25-24-20/h3-7,9,11-13H,8,10H2,1-2H3,(H,23,24,25). The molecule has 26 heavy (non-hydrogen) atoms. The van der Waals surface area contributed by atoms with Gasteiger partial charge in [-0.1, -0.05) is 24.3 Å². The number of imidazole rings is 1. The third-order valence-corrected chi connectivity index (χ3v) is 4.55. The number of aryl methyl sites for hydroxylation is 4. The number of hydrogen-bond acceptors (Lipinski definition) is 4. The maximum atomic E-state index is 4.52. The predicted octanol–water partition coefficient (Wildman–Crippen LogP) is 3.59. The lowest BCUT2D eigenvalue weighted by atomic mass is 10.1. The number of hydrogen-bond donors (Lipinski definition) is 1. The lowest BCUT2D eigenvalue weighted by molar-refractivity contribution is 0.694. The Kier molecular flexibility index (Phi) is 4.31. The third kappa shape index (κ3) is 3.26. The highest BCUT2D eigenvalue weighted by molar-refractivity contribution is 5.67. The highest BCUT2D eigenvalue weighted by atomic mass is 15.3. The van der Waals surface area contributed by atoms with Gasteiger partial charge in [-0.3, -0.25) is 4.98 Å². The van der Waals surface area contributed by atoms with E-state index in [0.29, 0.717) is 0 Å². The van der Waals surface area contributed by atoms with Crippen molar-refractivity contribution in [3.63, 3.8) is 0 Å². The van der Waals surface area contributed by atoms with Crippen LogP contribution in [0, 0.1) is 13.8 Å². The molecule has 4 aromatic rings. The van der Waals surface area contributed by atoms with Crippen LogP contribution in [0.15, 0.2) is 55.1 Å². The number of benzene rings is 1. The Labute approximate surface area is 152 Å². The largest absolute Gasteiger partial charge is 0.336 e. The smallest absolute Gasteiger partial charge is 0.115 e.